The first-order chi connectivity index (χ1) is 21.9. The lowest BCUT2D eigenvalue weighted by atomic mass is 10.0. The second-order valence-corrected chi connectivity index (χ2v) is 14.4. The molecule has 0 bridgehead atoms. The standard InChI is InChI=1S/C36H39Cl2N3O4S/c1-25(2)22-39-36(43)34(21-28-12-6-5-7-13-28)40(23-30-31(37)14-10-15-32(30)38)35(42)24-41(33-16-9-8-11-27(33)4)46(44,45)29-19-17-26(3)18-20-29/h5-20,25,34H,21-24H2,1-4H3,(H,39,43)/t34-/m1/s1. The van der Waals surface area contributed by atoms with Crippen molar-refractivity contribution in [1.82, 2.24) is 10.2 Å². The molecule has 0 radical (unpaired) electrons. The Balaban J connectivity index is 1.84. The van der Waals surface area contributed by atoms with Gasteiger partial charge in [-0.3, -0.25) is 13.9 Å². The highest BCUT2D eigenvalue weighted by atomic mass is 35.5. The monoisotopic (exact) mass is 679 g/mol. The van der Waals surface area contributed by atoms with Crippen LogP contribution in [0.2, 0.25) is 10.0 Å². The first-order valence-electron chi connectivity index (χ1n) is 15.1. The number of anilines is 1. The minimum absolute atomic E-state index is 0.0466. The van der Waals surface area contributed by atoms with Crippen LogP contribution in [0.4, 0.5) is 5.69 Å². The number of halogens is 2. The number of benzene rings is 4. The van der Waals surface area contributed by atoms with Gasteiger partial charge in [-0.25, -0.2) is 8.42 Å². The number of hydrogen-bond donors (Lipinski definition) is 1. The van der Waals surface area contributed by atoms with Gasteiger partial charge in [0.1, 0.15) is 12.6 Å². The van der Waals surface area contributed by atoms with Crippen molar-refractivity contribution in [1.29, 1.82) is 0 Å². The molecule has 0 aliphatic heterocycles. The van der Waals surface area contributed by atoms with Crippen molar-refractivity contribution < 1.29 is 18.0 Å². The van der Waals surface area contributed by atoms with Gasteiger partial charge in [-0.15, -0.1) is 0 Å². The Kier molecular flexibility index (Phi) is 11.9. The van der Waals surface area contributed by atoms with Gasteiger partial charge in [0.25, 0.3) is 10.0 Å². The number of sulfonamides is 1. The molecule has 0 unspecified atom stereocenters. The lowest BCUT2D eigenvalue weighted by molar-refractivity contribution is -0.140. The fraction of sp³-hybridized carbons (Fsp3) is 0.278. The quantitative estimate of drug-likeness (QED) is 0.162. The van der Waals surface area contributed by atoms with Gasteiger partial charge in [-0.2, -0.15) is 0 Å². The highest BCUT2D eigenvalue weighted by Gasteiger charge is 2.35. The molecule has 4 aromatic carbocycles. The first-order valence-corrected chi connectivity index (χ1v) is 17.3. The largest absolute Gasteiger partial charge is 0.354 e. The number of hydrogen-bond acceptors (Lipinski definition) is 4. The minimum atomic E-state index is -4.20. The van der Waals surface area contributed by atoms with Crippen molar-refractivity contribution in [3.63, 3.8) is 0 Å². The molecule has 0 heterocycles. The predicted molar refractivity (Wildman–Crippen MR) is 186 cm³/mol. The van der Waals surface area contributed by atoms with E-state index in [0.717, 1.165) is 15.4 Å². The third-order valence-corrected chi connectivity index (χ3v) is 10.1. The lowest BCUT2D eigenvalue weighted by Gasteiger charge is -2.34. The smallest absolute Gasteiger partial charge is 0.264 e. The normalized spacial score (nSPS) is 12.1. The highest BCUT2D eigenvalue weighted by molar-refractivity contribution is 7.92. The number of rotatable bonds is 13. The van der Waals surface area contributed by atoms with E-state index in [2.05, 4.69) is 5.32 Å². The zero-order chi connectivity index (χ0) is 33.4. The fourth-order valence-corrected chi connectivity index (χ4v) is 7.02. The summed E-state index contributed by atoms with van der Waals surface area (Å²) < 4.78 is 29.6. The van der Waals surface area contributed by atoms with Gasteiger partial charge in [-0.05, 0) is 61.2 Å². The van der Waals surface area contributed by atoms with Crippen molar-refractivity contribution >= 4 is 50.7 Å². The average molecular weight is 681 g/mol. The molecule has 0 saturated carbocycles. The molecule has 7 nitrogen and oxygen atoms in total. The Bertz CT molecular complexity index is 1740. The molecule has 242 valence electrons. The van der Waals surface area contributed by atoms with Crippen LogP contribution in [0.1, 0.15) is 36.1 Å². The molecular weight excluding hydrogens is 641 g/mol. The molecule has 46 heavy (non-hydrogen) atoms. The fourth-order valence-electron chi connectivity index (χ4n) is 5.02. The Morgan fingerprint density at radius 2 is 1.41 bits per heavy atom. The number of aryl methyl sites for hydroxylation is 2. The molecule has 10 heteroatoms. The summed E-state index contributed by atoms with van der Waals surface area (Å²) >= 11 is 13.2. The SMILES string of the molecule is Cc1ccc(S(=O)(=O)N(CC(=O)N(Cc2c(Cl)cccc2Cl)[C@H](Cc2ccccc2)C(=O)NCC(C)C)c2ccccc2C)cc1. The molecule has 0 aromatic heterocycles. The van der Waals surface area contributed by atoms with Crippen LogP contribution in [0.3, 0.4) is 0 Å². The summed E-state index contributed by atoms with van der Waals surface area (Å²) in [6, 6.07) is 26.9. The number of carbonyl (C=O) groups excluding carboxylic acids is 2. The molecule has 0 spiro atoms. The van der Waals surface area contributed by atoms with Crippen molar-refractivity contribution in [2.75, 3.05) is 17.4 Å². The van der Waals surface area contributed by atoms with Gasteiger partial charge in [0.15, 0.2) is 0 Å². The van der Waals surface area contributed by atoms with E-state index in [4.69, 9.17) is 23.2 Å². The summed E-state index contributed by atoms with van der Waals surface area (Å²) in [7, 11) is -4.20. The van der Waals surface area contributed by atoms with Crippen LogP contribution >= 0.6 is 23.2 Å². The molecule has 0 aliphatic rings. The molecule has 0 saturated heterocycles. The second-order valence-electron chi connectivity index (χ2n) is 11.7. The van der Waals surface area contributed by atoms with Crippen molar-refractivity contribution in [3.05, 3.63) is 129 Å². The summed E-state index contributed by atoms with van der Waals surface area (Å²) in [4.78, 5) is 30.0. The van der Waals surface area contributed by atoms with Gasteiger partial charge >= 0.3 is 0 Å². The van der Waals surface area contributed by atoms with Gasteiger partial charge in [-0.1, -0.05) is 109 Å². The van der Waals surface area contributed by atoms with E-state index in [0.29, 0.717) is 33.4 Å². The van der Waals surface area contributed by atoms with Crippen LogP contribution in [0, 0.1) is 19.8 Å². The van der Waals surface area contributed by atoms with Crippen LogP contribution in [-0.4, -0.2) is 44.3 Å². The van der Waals surface area contributed by atoms with Crippen LogP contribution in [0.25, 0.3) is 0 Å². The zero-order valence-electron chi connectivity index (χ0n) is 26.4. The molecule has 4 rings (SSSR count). The molecule has 4 aromatic rings. The van der Waals surface area contributed by atoms with Crippen LogP contribution in [0.5, 0.6) is 0 Å². The average Bonchev–Trinajstić information content (AvgIpc) is 3.02. The van der Waals surface area contributed by atoms with Gasteiger partial charge in [0, 0.05) is 35.1 Å². The molecular formula is C36H39Cl2N3O4S. The van der Waals surface area contributed by atoms with Crippen molar-refractivity contribution in [3.8, 4) is 0 Å². The van der Waals surface area contributed by atoms with Gasteiger partial charge < -0.3 is 10.2 Å². The summed E-state index contributed by atoms with van der Waals surface area (Å²) in [6.07, 6.45) is 0.188. The number of para-hydroxylation sites is 1. The van der Waals surface area contributed by atoms with Crippen LogP contribution in [0.15, 0.2) is 102 Å². The number of nitrogens with zero attached hydrogens (tertiary/aromatic N) is 2. The third-order valence-electron chi connectivity index (χ3n) is 7.62. The van der Waals surface area contributed by atoms with E-state index >= 15 is 0 Å². The highest BCUT2D eigenvalue weighted by Crippen LogP contribution is 2.30. The van der Waals surface area contributed by atoms with E-state index in [-0.39, 0.29) is 29.7 Å². The Morgan fingerprint density at radius 1 is 0.804 bits per heavy atom. The van der Waals surface area contributed by atoms with Gasteiger partial charge in [0.2, 0.25) is 11.8 Å². The second kappa shape index (κ2) is 15.6. The van der Waals surface area contributed by atoms with E-state index in [1.54, 1.807) is 61.5 Å². The Labute approximate surface area is 282 Å². The van der Waals surface area contributed by atoms with Gasteiger partial charge in [0.05, 0.1) is 10.6 Å². The number of nitrogens with one attached hydrogen (secondary N) is 1. The predicted octanol–water partition coefficient (Wildman–Crippen LogP) is 7.22. The first kappa shape index (κ1) is 35.0. The Morgan fingerprint density at radius 3 is 2.02 bits per heavy atom. The molecule has 2 amide bonds. The maximum Gasteiger partial charge on any atom is 0.264 e. The van der Waals surface area contributed by atoms with E-state index in [9.17, 15) is 18.0 Å². The van der Waals surface area contributed by atoms with Crippen LogP contribution in [-0.2, 0) is 32.6 Å². The third kappa shape index (κ3) is 8.69. The Hall–Kier alpha value is -3.85. The maximum absolute atomic E-state index is 14.6. The van der Waals surface area contributed by atoms with Crippen molar-refractivity contribution in [2.24, 2.45) is 5.92 Å². The number of amides is 2. The lowest BCUT2D eigenvalue weighted by Crippen LogP contribution is -2.54. The van der Waals surface area contributed by atoms with E-state index < -0.39 is 28.5 Å². The maximum atomic E-state index is 14.6. The molecule has 0 aliphatic carbocycles. The topological polar surface area (TPSA) is 86.8 Å². The van der Waals surface area contributed by atoms with Crippen LogP contribution < -0.4 is 9.62 Å². The minimum Gasteiger partial charge on any atom is -0.354 e. The van der Waals surface area contributed by atoms with E-state index in [1.165, 1.54) is 17.0 Å². The van der Waals surface area contributed by atoms with Crippen molar-refractivity contribution in [2.45, 2.75) is 51.6 Å². The molecule has 0 fully saturated rings. The van der Waals surface area contributed by atoms with E-state index in [1.807, 2.05) is 51.1 Å². The summed E-state index contributed by atoms with van der Waals surface area (Å²) in [5.74, 6) is -0.784. The summed E-state index contributed by atoms with van der Waals surface area (Å²) in [5.41, 5.74) is 3.21. The molecule has 1 N–H and O–H groups in total. The summed E-state index contributed by atoms with van der Waals surface area (Å²) in [5, 5.41) is 3.63. The zero-order valence-corrected chi connectivity index (χ0v) is 28.7. The molecule has 1 atom stereocenters. The number of carbonyl (C=O) groups is 2. The summed E-state index contributed by atoms with van der Waals surface area (Å²) in [6.45, 7) is 7.34.